The first-order valence-electron chi connectivity index (χ1n) is 13.2. The third-order valence-electron chi connectivity index (χ3n) is 6.32. The summed E-state index contributed by atoms with van der Waals surface area (Å²) in [6.07, 6.45) is 1.72. The fourth-order valence-corrected chi connectivity index (χ4v) is 5.05. The van der Waals surface area contributed by atoms with Gasteiger partial charge in [0.05, 0.1) is 18.1 Å². The summed E-state index contributed by atoms with van der Waals surface area (Å²) in [5.41, 5.74) is 5.21. The highest BCUT2D eigenvalue weighted by Gasteiger charge is 2.35. The average Bonchev–Trinajstić information content (AvgIpc) is 3.16. The molecule has 0 radical (unpaired) electrons. The zero-order valence-corrected chi connectivity index (χ0v) is 24.0. The first-order valence-corrected chi connectivity index (χ1v) is 14.0. The van der Waals surface area contributed by atoms with E-state index in [0.29, 0.717) is 35.5 Å². The molecular formula is C32H35NO5S. The van der Waals surface area contributed by atoms with Crippen LogP contribution in [0.3, 0.4) is 0 Å². The highest BCUT2D eigenvalue weighted by atomic mass is 32.2. The van der Waals surface area contributed by atoms with E-state index in [9.17, 15) is 9.59 Å². The second-order valence-corrected chi connectivity index (χ2v) is 10.8. The summed E-state index contributed by atoms with van der Waals surface area (Å²) in [5, 5.41) is -0.300. The van der Waals surface area contributed by atoms with E-state index in [1.807, 2.05) is 57.2 Å². The Morgan fingerprint density at radius 2 is 1.59 bits per heavy atom. The smallest absolute Gasteiger partial charge is 0.293 e. The molecule has 0 saturated carbocycles. The second kappa shape index (κ2) is 12.9. The van der Waals surface area contributed by atoms with E-state index >= 15 is 0 Å². The number of hydrogen-bond donors (Lipinski definition) is 0. The molecule has 0 N–H and O–H groups in total. The SMILES string of the molecule is CCOc1cc(/C=C2\SC(=O)N(CCOc3cc(C)ccc3C(C)C)C2=O)ccc1OCc1ccc(C)cc1. The van der Waals surface area contributed by atoms with Crippen molar-refractivity contribution < 1.29 is 23.8 Å². The van der Waals surface area contributed by atoms with Gasteiger partial charge in [0.25, 0.3) is 11.1 Å². The summed E-state index contributed by atoms with van der Waals surface area (Å²) in [4.78, 5) is 27.3. The molecule has 39 heavy (non-hydrogen) atoms. The van der Waals surface area contributed by atoms with Crippen molar-refractivity contribution in [2.45, 2.75) is 47.1 Å². The van der Waals surface area contributed by atoms with E-state index in [1.165, 1.54) is 10.5 Å². The van der Waals surface area contributed by atoms with Gasteiger partial charge in [-0.15, -0.1) is 0 Å². The summed E-state index contributed by atoms with van der Waals surface area (Å²) >= 11 is 0.936. The van der Waals surface area contributed by atoms with Gasteiger partial charge in [-0.2, -0.15) is 0 Å². The number of amides is 2. The van der Waals surface area contributed by atoms with Gasteiger partial charge < -0.3 is 14.2 Å². The van der Waals surface area contributed by atoms with Crippen LogP contribution in [0.15, 0.2) is 65.6 Å². The third kappa shape index (κ3) is 7.24. The van der Waals surface area contributed by atoms with Crippen molar-refractivity contribution in [1.29, 1.82) is 0 Å². The molecule has 0 aromatic heterocycles. The quantitative estimate of drug-likeness (QED) is 0.232. The van der Waals surface area contributed by atoms with Crippen LogP contribution in [0, 0.1) is 13.8 Å². The molecule has 1 saturated heterocycles. The van der Waals surface area contributed by atoms with Crippen molar-refractivity contribution in [1.82, 2.24) is 4.90 Å². The van der Waals surface area contributed by atoms with Gasteiger partial charge in [-0.25, -0.2) is 0 Å². The predicted molar refractivity (Wildman–Crippen MR) is 157 cm³/mol. The Bertz CT molecular complexity index is 1360. The topological polar surface area (TPSA) is 65.1 Å². The number of aryl methyl sites for hydroxylation is 2. The fraction of sp³-hybridized carbons (Fsp3) is 0.312. The Hall–Kier alpha value is -3.71. The Kier molecular flexibility index (Phi) is 9.36. The summed E-state index contributed by atoms with van der Waals surface area (Å²) in [7, 11) is 0. The lowest BCUT2D eigenvalue weighted by Gasteiger charge is -2.17. The summed E-state index contributed by atoms with van der Waals surface area (Å²) in [5.74, 6) is 1.99. The van der Waals surface area contributed by atoms with E-state index in [0.717, 1.165) is 39.8 Å². The maximum absolute atomic E-state index is 13.1. The molecule has 0 spiro atoms. The number of carbonyl (C=O) groups excluding carboxylic acids is 2. The van der Waals surface area contributed by atoms with E-state index < -0.39 is 0 Å². The van der Waals surface area contributed by atoms with Crippen molar-refractivity contribution in [2.75, 3.05) is 19.8 Å². The highest BCUT2D eigenvalue weighted by molar-refractivity contribution is 8.18. The zero-order valence-electron chi connectivity index (χ0n) is 23.2. The number of hydrogen-bond acceptors (Lipinski definition) is 6. The minimum atomic E-state index is -0.320. The van der Waals surface area contributed by atoms with Gasteiger partial charge in [-0.3, -0.25) is 14.5 Å². The van der Waals surface area contributed by atoms with Crippen LogP contribution in [-0.2, 0) is 11.4 Å². The Balaban J connectivity index is 1.42. The largest absolute Gasteiger partial charge is 0.491 e. The predicted octanol–water partition coefficient (Wildman–Crippen LogP) is 7.52. The molecule has 1 aliphatic heterocycles. The van der Waals surface area contributed by atoms with Crippen LogP contribution in [0.1, 0.15) is 54.5 Å². The second-order valence-electron chi connectivity index (χ2n) is 9.79. The van der Waals surface area contributed by atoms with E-state index in [4.69, 9.17) is 14.2 Å². The van der Waals surface area contributed by atoms with Crippen molar-refractivity contribution in [3.8, 4) is 17.2 Å². The van der Waals surface area contributed by atoms with Gasteiger partial charge in [0.2, 0.25) is 0 Å². The molecule has 6 nitrogen and oxygen atoms in total. The van der Waals surface area contributed by atoms with Gasteiger partial charge in [0, 0.05) is 0 Å². The van der Waals surface area contributed by atoms with Crippen molar-refractivity contribution in [3.63, 3.8) is 0 Å². The molecule has 204 valence electrons. The number of imide groups is 1. The molecule has 1 heterocycles. The maximum atomic E-state index is 13.1. The van der Waals surface area contributed by atoms with Gasteiger partial charge in [-0.05, 0) is 85.0 Å². The van der Waals surface area contributed by atoms with Crippen LogP contribution in [0.2, 0.25) is 0 Å². The fourth-order valence-electron chi connectivity index (χ4n) is 4.18. The molecule has 4 rings (SSSR count). The van der Waals surface area contributed by atoms with E-state index in [1.54, 1.807) is 6.08 Å². The Morgan fingerprint density at radius 1 is 0.846 bits per heavy atom. The Morgan fingerprint density at radius 3 is 2.31 bits per heavy atom. The van der Waals surface area contributed by atoms with Gasteiger partial charge in [0.15, 0.2) is 11.5 Å². The molecule has 0 atom stereocenters. The van der Waals surface area contributed by atoms with Crippen LogP contribution >= 0.6 is 11.8 Å². The number of carbonyl (C=O) groups is 2. The lowest BCUT2D eigenvalue weighted by Crippen LogP contribution is -2.32. The molecule has 0 bridgehead atoms. The molecule has 0 unspecified atom stereocenters. The monoisotopic (exact) mass is 545 g/mol. The standard InChI is InChI=1S/C32H35NO5S/c1-6-36-29-18-25(12-14-27(29)38-20-24-10-7-22(4)8-11-24)19-30-31(34)33(32(35)39-30)15-16-37-28-17-23(5)9-13-26(28)21(2)3/h7-14,17-19,21H,6,15-16,20H2,1-5H3/b30-19-. The molecule has 3 aromatic rings. The van der Waals surface area contributed by atoms with Gasteiger partial charge >= 0.3 is 0 Å². The van der Waals surface area contributed by atoms with Crippen LogP contribution in [0.25, 0.3) is 6.08 Å². The lowest BCUT2D eigenvalue weighted by molar-refractivity contribution is -0.123. The number of rotatable bonds is 11. The lowest BCUT2D eigenvalue weighted by atomic mass is 10.0. The first-order chi connectivity index (χ1) is 18.7. The molecule has 7 heteroatoms. The van der Waals surface area contributed by atoms with Crippen molar-refractivity contribution in [3.05, 3.63) is 93.4 Å². The van der Waals surface area contributed by atoms with Gasteiger partial charge in [-0.1, -0.05) is 61.9 Å². The third-order valence-corrected chi connectivity index (χ3v) is 7.22. The average molecular weight is 546 g/mol. The van der Waals surface area contributed by atoms with Crippen molar-refractivity contribution >= 4 is 29.0 Å². The molecule has 0 aliphatic carbocycles. The van der Waals surface area contributed by atoms with Crippen LogP contribution < -0.4 is 14.2 Å². The molecule has 2 amide bonds. The maximum Gasteiger partial charge on any atom is 0.293 e. The van der Waals surface area contributed by atoms with Crippen LogP contribution in [0.4, 0.5) is 4.79 Å². The molecule has 3 aromatic carbocycles. The summed E-state index contributed by atoms with van der Waals surface area (Å²) in [6, 6.07) is 19.8. The number of nitrogens with zero attached hydrogens (tertiary/aromatic N) is 1. The molecule has 1 fully saturated rings. The van der Waals surface area contributed by atoms with Crippen LogP contribution in [-0.4, -0.2) is 35.8 Å². The summed E-state index contributed by atoms with van der Waals surface area (Å²) in [6.45, 7) is 11.5. The first kappa shape index (κ1) is 28.3. The van der Waals surface area contributed by atoms with E-state index in [2.05, 4.69) is 38.1 Å². The van der Waals surface area contributed by atoms with Crippen LogP contribution in [0.5, 0.6) is 17.2 Å². The zero-order chi connectivity index (χ0) is 27.9. The highest BCUT2D eigenvalue weighted by Crippen LogP contribution is 2.35. The molecule has 1 aliphatic rings. The molecular weight excluding hydrogens is 510 g/mol. The normalized spacial score (nSPS) is 14.4. The minimum absolute atomic E-state index is 0.184. The Labute approximate surface area is 235 Å². The summed E-state index contributed by atoms with van der Waals surface area (Å²) < 4.78 is 17.8. The van der Waals surface area contributed by atoms with Crippen molar-refractivity contribution in [2.24, 2.45) is 0 Å². The number of benzene rings is 3. The number of thioether (sulfide) groups is 1. The number of ether oxygens (including phenoxy) is 3. The van der Waals surface area contributed by atoms with Gasteiger partial charge in [0.1, 0.15) is 19.0 Å². The minimum Gasteiger partial charge on any atom is -0.491 e. The van der Waals surface area contributed by atoms with E-state index in [-0.39, 0.29) is 24.3 Å².